The third-order valence-corrected chi connectivity index (χ3v) is 4.36. The van der Waals surface area contributed by atoms with Gasteiger partial charge in [-0.1, -0.05) is 12.1 Å². The van der Waals surface area contributed by atoms with Crippen molar-refractivity contribution in [2.45, 2.75) is 0 Å². The van der Waals surface area contributed by atoms with Crippen LogP contribution in [0, 0.1) is 0 Å². The second-order valence-corrected chi connectivity index (χ2v) is 6.16. The molecule has 1 aliphatic heterocycles. The number of nitrogens with zero attached hydrogens (tertiary/aromatic N) is 1. The molecular formula is C20H16N2O5S. The molecule has 28 heavy (non-hydrogen) atoms. The third-order valence-electron chi connectivity index (χ3n) is 4.08. The molecule has 0 radical (unpaired) electrons. The van der Waals surface area contributed by atoms with Crippen LogP contribution in [-0.4, -0.2) is 37.1 Å². The second kappa shape index (κ2) is 8.01. The summed E-state index contributed by atoms with van der Waals surface area (Å²) >= 11 is 5.16. The number of ether oxygens (including phenoxy) is 2. The molecule has 2 aromatic rings. The van der Waals surface area contributed by atoms with Gasteiger partial charge in [-0.2, -0.15) is 0 Å². The van der Waals surface area contributed by atoms with E-state index in [1.807, 2.05) is 0 Å². The Hall–Kier alpha value is -3.52. The number of benzene rings is 2. The fourth-order valence-electron chi connectivity index (χ4n) is 2.62. The van der Waals surface area contributed by atoms with Gasteiger partial charge in [0.05, 0.1) is 25.5 Å². The Morgan fingerprint density at radius 2 is 1.68 bits per heavy atom. The maximum atomic E-state index is 12.9. The smallest absolute Gasteiger partial charge is 0.337 e. The first-order chi connectivity index (χ1) is 13.4. The van der Waals surface area contributed by atoms with Gasteiger partial charge >= 0.3 is 5.97 Å². The SMILES string of the molecule is COC(=O)c1ccc(C=C2C(=O)NC(=S)N(c3ccc(OC)cc3)C2=O)cc1. The van der Waals surface area contributed by atoms with Crippen LogP contribution in [0.15, 0.2) is 54.1 Å². The fourth-order valence-corrected chi connectivity index (χ4v) is 2.90. The molecule has 0 aliphatic carbocycles. The lowest BCUT2D eigenvalue weighted by Gasteiger charge is -2.29. The Morgan fingerprint density at radius 3 is 2.25 bits per heavy atom. The average molecular weight is 396 g/mol. The summed E-state index contributed by atoms with van der Waals surface area (Å²) in [7, 11) is 2.83. The van der Waals surface area contributed by atoms with Crippen LogP contribution in [-0.2, 0) is 14.3 Å². The monoisotopic (exact) mass is 396 g/mol. The number of nitrogens with one attached hydrogen (secondary N) is 1. The first-order valence-electron chi connectivity index (χ1n) is 8.18. The number of hydrogen-bond donors (Lipinski definition) is 1. The molecule has 8 heteroatoms. The van der Waals surface area contributed by atoms with Gasteiger partial charge in [0.15, 0.2) is 5.11 Å². The van der Waals surface area contributed by atoms with Crippen molar-refractivity contribution in [2.24, 2.45) is 0 Å². The van der Waals surface area contributed by atoms with Crippen molar-refractivity contribution in [3.8, 4) is 5.75 Å². The van der Waals surface area contributed by atoms with Gasteiger partial charge < -0.3 is 9.47 Å². The molecule has 1 heterocycles. The van der Waals surface area contributed by atoms with Crippen molar-refractivity contribution in [3.05, 3.63) is 65.2 Å². The Balaban J connectivity index is 1.92. The molecule has 1 saturated heterocycles. The standard InChI is InChI=1S/C20H16N2O5S/c1-26-15-9-7-14(8-10-15)22-18(24)16(17(23)21-20(22)28)11-12-3-5-13(6-4-12)19(25)27-2/h3-11H,1-2H3,(H,21,23,28). The lowest BCUT2D eigenvalue weighted by Crippen LogP contribution is -2.54. The highest BCUT2D eigenvalue weighted by atomic mass is 32.1. The van der Waals surface area contributed by atoms with E-state index >= 15 is 0 Å². The van der Waals surface area contributed by atoms with Gasteiger partial charge in [-0.15, -0.1) is 0 Å². The number of anilines is 1. The van der Waals surface area contributed by atoms with Gasteiger partial charge in [0, 0.05) is 0 Å². The predicted molar refractivity (Wildman–Crippen MR) is 107 cm³/mol. The minimum Gasteiger partial charge on any atom is -0.497 e. The quantitative estimate of drug-likeness (QED) is 0.370. The number of carbonyl (C=O) groups is 3. The van der Waals surface area contributed by atoms with Crippen molar-refractivity contribution in [1.29, 1.82) is 0 Å². The van der Waals surface area contributed by atoms with Gasteiger partial charge in [-0.05, 0) is 60.3 Å². The zero-order chi connectivity index (χ0) is 20.3. The molecule has 1 N–H and O–H groups in total. The van der Waals surface area contributed by atoms with Gasteiger partial charge in [0.25, 0.3) is 11.8 Å². The van der Waals surface area contributed by atoms with E-state index in [4.69, 9.17) is 17.0 Å². The summed E-state index contributed by atoms with van der Waals surface area (Å²) in [6, 6.07) is 13.1. The molecule has 0 saturated carbocycles. The van der Waals surface area contributed by atoms with Crippen LogP contribution in [0.1, 0.15) is 15.9 Å². The minimum absolute atomic E-state index is 0.00152. The third kappa shape index (κ3) is 3.77. The van der Waals surface area contributed by atoms with Crippen LogP contribution in [0.2, 0.25) is 0 Å². The maximum Gasteiger partial charge on any atom is 0.337 e. The first-order valence-corrected chi connectivity index (χ1v) is 8.59. The van der Waals surface area contributed by atoms with E-state index in [9.17, 15) is 14.4 Å². The highest BCUT2D eigenvalue weighted by Crippen LogP contribution is 2.24. The number of rotatable bonds is 4. The molecule has 0 unspecified atom stereocenters. The van der Waals surface area contributed by atoms with E-state index in [0.29, 0.717) is 22.6 Å². The lowest BCUT2D eigenvalue weighted by molar-refractivity contribution is -0.122. The molecule has 1 fully saturated rings. The van der Waals surface area contributed by atoms with Crippen molar-refractivity contribution in [2.75, 3.05) is 19.1 Å². The summed E-state index contributed by atoms with van der Waals surface area (Å²) in [5.41, 5.74) is 1.37. The zero-order valence-electron chi connectivity index (χ0n) is 15.1. The molecule has 3 rings (SSSR count). The molecule has 142 valence electrons. The molecule has 0 bridgehead atoms. The van der Waals surface area contributed by atoms with Crippen molar-refractivity contribution < 1.29 is 23.9 Å². The molecular weight excluding hydrogens is 380 g/mol. The van der Waals surface area contributed by atoms with Crippen molar-refractivity contribution in [3.63, 3.8) is 0 Å². The van der Waals surface area contributed by atoms with Crippen LogP contribution in [0.4, 0.5) is 5.69 Å². The summed E-state index contributed by atoms with van der Waals surface area (Å²) < 4.78 is 9.76. The Kier molecular flexibility index (Phi) is 5.51. The minimum atomic E-state index is -0.586. The van der Waals surface area contributed by atoms with E-state index in [2.05, 4.69) is 10.1 Å². The van der Waals surface area contributed by atoms with Gasteiger partial charge in [-0.25, -0.2) is 4.79 Å². The highest BCUT2D eigenvalue weighted by molar-refractivity contribution is 7.80. The van der Waals surface area contributed by atoms with Crippen LogP contribution < -0.4 is 15.0 Å². The summed E-state index contributed by atoms with van der Waals surface area (Å²) in [6.07, 6.45) is 1.44. The second-order valence-electron chi connectivity index (χ2n) is 5.77. The van der Waals surface area contributed by atoms with E-state index in [1.54, 1.807) is 48.5 Å². The number of methoxy groups -OCH3 is 2. The van der Waals surface area contributed by atoms with E-state index in [0.717, 1.165) is 0 Å². The molecule has 1 aliphatic rings. The molecule has 0 aromatic heterocycles. The van der Waals surface area contributed by atoms with E-state index in [-0.39, 0.29) is 10.7 Å². The number of thiocarbonyl (C=S) groups is 1. The van der Waals surface area contributed by atoms with Gasteiger partial charge in [0.1, 0.15) is 11.3 Å². The van der Waals surface area contributed by atoms with Crippen LogP contribution >= 0.6 is 12.2 Å². The number of hydrogen-bond acceptors (Lipinski definition) is 6. The molecule has 0 spiro atoms. The van der Waals surface area contributed by atoms with Crippen molar-refractivity contribution >= 4 is 46.9 Å². The lowest BCUT2D eigenvalue weighted by atomic mass is 10.1. The Labute approximate surface area is 166 Å². The topological polar surface area (TPSA) is 84.9 Å². The van der Waals surface area contributed by atoms with Crippen molar-refractivity contribution in [1.82, 2.24) is 5.32 Å². The summed E-state index contributed by atoms with van der Waals surface area (Å²) in [5, 5.41) is 2.52. The molecule has 0 atom stereocenters. The normalized spacial score (nSPS) is 15.4. The molecule has 2 aromatic carbocycles. The first kappa shape index (κ1) is 19.2. The summed E-state index contributed by atoms with van der Waals surface area (Å²) in [6.45, 7) is 0. The Bertz CT molecular complexity index is 981. The van der Waals surface area contributed by atoms with E-state index in [1.165, 1.54) is 25.2 Å². The zero-order valence-corrected chi connectivity index (χ0v) is 15.9. The average Bonchev–Trinajstić information content (AvgIpc) is 2.71. The predicted octanol–water partition coefficient (Wildman–Crippen LogP) is 2.31. The summed E-state index contributed by atoms with van der Waals surface area (Å²) in [4.78, 5) is 38.0. The van der Waals surface area contributed by atoms with Gasteiger partial charge in [0.2, 0.25) is 0 Å². The largest absolute Gasteiger partial charge is 0.497 e. The van der Waals surface area contributed by atoms with Crippen LogP contribution in [0.25, 0.3) is 6.08 Å². The molecule has 2 amide bonds. The highest BCUT2D eigenvalue weighted by Gasteiger charge is 2.34. The Morgan fingerprint density at radius 1 is 1.04 bits per heavy atom. The summed E-state index contributed by atoms with van der Waals surface area (Å²) in [5.74, 6) is -0.973. The maximum absolute atomic E-state index is 12.9. The van der Waals surface area contributed by atoms with Gasteiger partial charge in [-0.3, -0.25) is 19.8 Å². The number of esters is 1. The number of carbonyl (C=O) groups excluding carboxylic acids is 3. The number of amides is 2. The van der Waals surface area contributed by atoms with Crippen LogP contribution in [0.3, 0.4) is 0 Å². The van der Waals surface area contributed by atoms with E-state index < -0.39 is 17.8 Å². The fraction of sp³-hybridized carbons (Fsp3) is 0.100. The molecule has 7 nitrogen and oxygen atoms in total. The van der Waals surface area contributed by atoms with Crippen LogP contribution in [0.5, 0.6) is 5.75 Å².